The highest BCUT2D eigenvalue weighted by atomic mass is 19.1. The quantitative estimate of drug-likeness (QED) is 0.679. The van der Waals surface area contributed by atoms with Crippen molar-refractivity contribution in [3.63, 3.8) is 0 Å². The average Bonchev–Trinajstić information content (AvgIpc) is 2.50. The van der Waals surface area contributed by atoms with Crippen LogP contribution in [0.15, 0.2) is 42.0 Å². The van der Waals surface area contributed by atoms with Crippen molar-refractivity contribution in [3.05, 3.63) is 70.0 Å². The molecule has 0 spiro atoms. The molecule has 0 unspecified atom stereocenters. The first-order valence-corrected chi connectivity index (χ1v) is 7.17. The van der Waals surface area contributed by atoms with Crippen LogP contribution in [0.3, 0.4) is 0 Å². The van der Waals surface area contributed by atoms with Crippen LogP contribution in [0, 0.1) is 37.9 Å². The maximum Gasteiger partial charge on any atom is 0.266 e. The minimum Gasteiger partial charge on any atom is -0.321 e. The summed E-state index contributed by atoms with van der Waals surface area (Å²) in [6.07, 6.45) is 1.44. The summed E-state index contributed by atoms with van der Waals surface area (Å²) in [5.74, 6) is -0.845. The summed E-state index contributed by atoms with van der Waals surface area (Å²) in [5.41, 5.74) is 4.26. The van der Waals surface area contributed by atoms with Crippen molar-refractivity contribution < 1.29 is 9.18 Å². The second-order valence-electron chi connectivity index (χ2n) is 5.45. The first-order valence-electron chi connectivity index (χ1n) is 7.17. The van der Waals surface area contributed by atoms with Crippen molar-refractivity contribution in [1.29, 1.82) is 5.26 Å². The second-order valence-corrected chi connectivity index (χ2v) is 5.45. The topological polar surface area (TPSA) is 52.9 Å². The highest BCUT2D eigenvalue weighted by Crippen LogP contribution is 2.22. The first kappa shape index (κ1) is 16.4. The lowest BCUT2D eigenvalue weighted by molar-refractivity contribution is -0.112. The van der Waals surface area contributed by atoms with Gasteiger partial charge in [0.05, 0.1) is 0 Å². The lowest BCUT2D eigenvalue weighted by atomic mass is 10.0. The summed E-state index contributed by atoms with van der Waals surface area (Å²) in [7, 11) is 0. The zero-order chi connectivity index (χ0) is 17.0. The molecular weight excluding hydrogens is 291 g/mol. The van der Waals surface area contributed by atoms with Gasteiger partial charge in [-0.2, -0.15) is 5.26 Å². The van der Waals surface area contributed by atoms with Crippen molar-refractivity contribution in [3.8, 4) is 6.07 Å². The predicted octanol–water partition coefficient (Wildman–Crippen LogP) is 4.30. The molecule has 23 heavy (non-hydrogen) atoms. The Morgan fingerprint density at radius 3 is 2.22 bits per heavy atom. The van der Waals surface area contributed by atoms with E-state index in [1.54, 1.807) is 0 Å². The lowest BCUT2D eigenvalue weighted by Gasteiger charge is -2.12. The van der Waals surface area contributed by atoms with Gasteiger partial charge >= 0.3 is 0 Å². The van der Waals surface area contributed by atoms with Crippen molar-refractivity contribution in [2.75, 3.05) is 5.32 Å². The molecule has 1 N–H and O–H groups in total. The number of aryl methyl sites for hydroxylation is 3. The van der Waals surface area contributed by atoms with Gasteiger partial charge in [-0.1, -0.05) is 29.8 Å². The van der Waals surface area contributed by atoms with E-state index in [-0.39, 0.29) is 11.4 Å². The van der Waals surface area contributed by atoms with Gasteiger partial charge in [0, 0.05) is 5.69 Å². The van der Waals surface area contributed by atoms with E-state index in [0.717, 1.165) is 16.7 Å². The third-order valence-corrected chi connectivity index (χ3v) is 3.46. The number of amides is 1. The predicted molar refractivity (Wildman–Crippen MR) is 89.3 cm³/mol. The molecule has 0 aliphatic carbocycles. The normalized spacial score (nSPS) is 11.0. The fraction of sp³-hybridized carbons (Fsp3) is 0.158. The monoisotopic (exact) mass is 308 g/mol. The lowest BCUT2D eigenvalue weighted by Crippen LogP contribution is -2.15. The number of halogens is 1. The van der Waals surface area contributed by atoms with Crippen LogP contribution in [0.2, 0.25) is 0 Å². The number of carbonyl (C=O) groups excluding carboxylic acids is 1. The highest BCUT2D eigenvalue weighted by molar-refractivity contribution is 6.10. The molecule has 0 saturated carbocycles. The molecule has 0 bridgehead atoms. The van der Waals surface area contributed by atoms with E-state index in [2.05, 4.69) is 5.32 Å². The molecule has 2 rings (SSSR count). The van der Waals surface area contributed by atoms with Gasteiger partial charge in [0.1, 0.15) is 17.5 Å². The molecule has 0 saturated heterocycles. The third kappa shape index (κ3) is 4.04. The number of benzene rings is 2. The molecule has 0 heterocycles. The van der Waals surface area contributed by atoms with E-state index in [4.69, 9.17) is 0 Å². The van der Waals surface area contributed by atoms with E-state index in [9.17, 15) is 14.4 Å². The summed E-state index contributed by atoms with van der Waals surface area (Å²) in [6, 6.07) is 11.4. The smallest absolute Gasteiger partial charge is 0.266 e. The molecule has 0 aliphatic rings. The fourth-order valence-electron chi connectivity index (χ4n) is 2.43. The Labute approximate surface area is 135 Å². The van der Waals surface area contributed by atoms with E-state index >= 15 is 0 Å². The maximum absolute atomic E-state index is 12.9. The van der Waals surface area contributed by atoms with E-state index in [0.29, 0.717) is 11.3 Å². The van der Waals surface area contributed by atoms with Gasteiger partial charge in [-0.15, -0.1) is 0 Å². The first-order chi connectivity index (χ1) is 10.9. The van der Waals surface area contributed by atoms with Gasteiger partial charge in [-0.05, 0) is 55.7 Å². The Morgan fingerprint density at radius 1 is 1.13 bits per heavy atom. The van der Waals surface area contributed by atoms with Crippen LogP contribution in [0.4, 0.5) is 10.1 Å². The molecule has 116 valence electrons. The van der Waals surface area contributed by atoms with Crippen LogP contribution in [0.5, 0.6) is 0 Å². The number of hydrogen-bond acceptors (Lipinski definition) is 2. The van der Waals surface area contributed by atoms with Crippen LogP contribution >= 0.6 is 0 Å². The molecule has 2 aromatic carbocycles. The van der Waals surface area contributed by atoms with Crippen LogP contribution in [-0.2, 0) is 4.79 Å². The summed E-state index contributed by atoms with van der Waals surface area (Å²) < 4.78 is 12.9. The van der Waals surface area contributed by atoms with Gasteiger partial charge in [0.15, 0.2) is 0 Å². The molecule has 0 aliphatic heterocycles. The van der Waals surface area contributed by atoms with Crippen LogP contribution < -0.4 is 5.32 Å². The molecule has 0 aromatic heterocycles. The van der Waals surface area contributed by atoms with E-state index in [1.807, 2.05) is 39.0 Å². The number of rotatable bonds is 3. The summed E-state index contributed by atoms with van der Waals surface area (Å²) in [4.78, 5) is 12.3. The average molecular weight is 308 g/mol. The largest absolute Gasteiger partial charge is 0.321 e. The summed E-state index contributed by atoms with van der Waals surface area (Å²) in [6.45, 7) is 5.80. The van der Waals surface area contributed by atoms with Gasteiger partial charge in [0.25, 0.3) is 5.91 Å². The van der Waals surface area contributed by atoms with E-state index in [1.165, 1.54) is 30.3 Å². The number of nitrogens with one attached hydrogen (secondary N) is 1. The summed E-state index contributed by atoms with van der Waals surface area (Å²) in [5, 5.41) is 12.0. The van der Waals surface area contributed by atoms with Gasteiger partial charge in [-0.25, -0.2) is 4.39 Å². The Balaban J connectivity index is 2.28. The standard InChI is InChI=1S/C19H17FN2O/c1-12-8-13(2)18(14(3)9-12)22-19(23)16(11-21)10-15-4-6-17(20)7-5-15/h4-10H,1-3H3,(H,22,23)/b16-10+. The third-order valence-electron chi connectivity index (χ3n) is 3.46. The molecule has 0 radical (unpaired) electrons. The number of hydrogen-bond donors (Lipinski definition) is 1. The number of nitrogens with zero attached hydrogens (tertiary/aromatic N) is 1. The Bertz CT molecular complexity index is 791. The second kappa shape index (κ2) is 6.89. The number of anilines is 1. The number of nitriles is 1. The minimum atomic E-state index is -0.480. The number of carbonyl (C=O) groups is 1. The molecular formula is C19H17FN2O. The zero-order valence-electron chi connectivity index (χ0n) is 13.3. The van der Waals surface area contributed by atoms with Crippen molar-refractivity contribution in [2.45, 2.75) is 20.8 Å². The minimum absolute atomic E-state index is 0.0315. The van der Waals surface area contributed by atoms with Gasteiger partial charge in [-0.3, -0.25) is 4.79 Å². The van der Waals surface area contributed by atoms with Crippen LogP contribution in [0.25, 0.3) is 6.08 Å². The van der Waals surface area contributed by atoms with Crippen LogP contribution in [-0.4, -0.2) is 5.91 Å². The molecule has 4 heteroatoms. The van der Waals surface area contributed by atoms with Crippen molar-refractivity contribution in [1.82, 2.24) is 0 Å². The van der Waals surface area contributed by atoms with Gasteiger partial charge < -0.3 is 5.32 Å². The highest BCUT2D eigenvalue weighted by Gasteiger charge is 2.12. The van der Waals surface area contributed by atoms with Gasteiger partial charge in [0.2, 0.25) is 0 Å². The summed E-state index contributed by atoms with van der Waals surface area (Å²) >= 11 is 0. The molecule has 3 nitrogen and oxygen atoms in total. The SMILES string of the molecule is Cc1cc(C)c(NC(=O)/C(C#N)=C/c2ccc(F)cc2)c(C)c1. The Morgan fingerprint density at radius 2 is 1.70 bits per heavy atom. The zero-order valence-corrected chi connectivity index (χ0v) is 13.3. The van der Waals surface area contributed by atoms with Crippen LogP contribution in [0.1, 0.15) is 22.3 Å². The Hall–Kier alpha value is -2.93. The van der Waals surface area contributed by atoms with Crippen molar-refractivity contribution >= 4 is 17.7 Å². The fourth-order valence-corrected chi connectivity index (χ4v) is 2.43. The van der Waals surface area contributed by atoms with E-state index < -0.39 is 5.91 Å². The molecule has 0 fully saturated rings. The molecule has 1 amide bonds. The molecule has 2 aromatic rings. The Kier molecular flexibility index (Phi) is 4.92. The molecule has 0 atom stereocenters. The van der Waals surface area contributed by atoms with Crippen molar-refractivity contribution in [2.24, 2.45) is 0 Å². The maximum atomic E-state index is 12.9.